The minimum atomic E-state index is 0.110. The van der Waals surface area contributed by atoms with Gasteiger partial charge in [0, 0.05) is 18.9 Å². The summed E-state index contributed by atoms with van der Waals surface area (Å²) in [5, 5.41) is 3.56. The highest BCUT2D eigenvalue weighted by molar-refractivity contribution is 5.46. The van der Waals surface area contributed by atoms with E-state index in [9.17, 15) is 0 Å². The molecule has 0 spiro atoms. The summed E-state index contributed by atoms with van der Waals surface area (Å²) in [5.41, 5.74) is 8.32. The molecule has 3 N–H and O–H groups in total. The van der Waals surface area contributed by atoms with Gasteiger partial charge in [0.15, 0.2) is 0 Å². The Labute approximate surface area is 116 Å². The van der Waals surface area contributed by atoms with Crippen molar-refractivity contribution in [3.05, 3.63) is 23.4 Å². The molecule has 1 aromatic rings. The summed E-state index contributed by atoms with van der Waals surface area (Å²) in [6, 6.07) is 2.11. The number of nitrogens with two attached hydrogens (primary N) is 1. The van der Waals surface area contributed by atoms with E-state index in [1.54, 1.807) is 13.3 Å². The van der Waals surface area contributed by atoms with Gasteiger partial charge in [0.05, 0.1) is 12.1 Å². The molecule has 0 bridgehead atoms. The van der Waals surface area contributed by atoms with Crippen LogP contribution >= 0.6 is 0 Å². The van der Waals surface area contributed by atoms with E-state index in [0.717, 1.165) is 31.4 Å². The van der Waals surface area contributed by atoms with Crippen LogP contribution in [0.2, 0.25) is 0 Å². The quantitative estimate of drug-likeness (QED) is 0.759. The number of ether oxygens (including phenoxy) is 1. The number of hydrogen-bond donors (Lipinski definition) is 2. The smallest absolute Gasteiger partial charge is 0.128 e. The Morgan fingerprint density at radius 1 is 1.37 bits per heavy atom. The summed E-state index contributed by atoms with van der Waals surface area (Å²) in [7, 11) is 1.77. The molecule has 2 unspecified atom stereocenters. The van der Waals surface area contributed by atoms with E-state index in [2.05, 4.69) is 31.1 Å². The Morgan fingerprint density at radius 3 is 2.63 bits per heavy atom. The van der Waals surface area contributed by atoms with Gasteiger partial charge in [0.1, 0.15) is 5.82 Å². The van der Waals surface area contributed by atoms with Crippen LogP contribution in [0.25, 0.3) is 0 Å². The normalized spacial score (nSPS) is 14.3. The molecule has 1 heterocycles. The molecule has 0 amide bonds. The van der Waals surface area contributed by atoms with Gasteiger partial charge in [-0.25, -0.2) is 4.98 Å². The van der Waals surface area contributed by atoms with Crippen molar-refractivity contribution < 1.29 is 4.74 Å². The van der Waals surface area contributed by atoms with Crippen molar-refractivity contribution >= 4 is 5.82 Å². The number of nitrogens with zero attached hydrogens (tertiary/aromatic N) is 1. The van der Waals surface area contributed by atoms with E-state index >= 15 is 0 Å². The van der Waals surface area contributed by atoms with Crippen LogP contribution in [0.3, 0.4) is 0 Å². The van der Waals surface area contributed by atoms with Crippen molar-refractivity contribution in [2.75, 3.05) is 19.4 Å². The van der Waals surface area contributed by atoms with Gasteiger partial charge in [-0.1, -0.05) is 20.3 Å². The minimum absolute atomic E-state index is 0.110. The van der Waals surface area contributed by atoms with Crippen molar-refractivity contribution in [3.8, 4) is 0 Å². The molecular weight excluding hydrogens is 238 g/mol. The van der Waals surface area contributed by atoms with E-state index < -0.39 is 0 Å². The number of rotatable bonds is 8. The highest BCUT2D eigenvalue weighted by atomic mass is 16.5. The third-order valence-corrected chi connectivity index (χ3v) is 3.41. The predicted octanol–water partition coefficient (Wildman–Crippen LogP) is 2.83. The van der Waals surface area contributed by atoms with Gasteiger partial charge >= 0.3 is 0 Å². The Hall–Kier alpha value is -1.13. The second-order valence-corrected chi connectivity index (χ2v) is 4.92. The first-order valence-corrected chi connectivity index (χ1v) is 7.12. The van der Waals surface area contributed by atoms with Gasteiger partial charge < -0.3 is 15.8 Å². The molecule has 4 nitrogen and oxygen atoms in total. The van der Waals surface area contributed by atoms with Gasteiger partial charge in [0.25, 0.3) is 0 Å². The average Bonchev–Trinajstić information content (AvgIpc) is 2.40. The Balaban J connectivity index is 3.07. The summed E-state index contributed by atoms with van der Waals surface area (Å²) < 4.78 is 5.67. The molecule has 0 fully saturated rings. The molecule has 2 atom stereocenters. The van der Waals surface area contributed by atoms with Gasteiger partial charge in [-0.05, 0) is 37.9 Å². The number of pyridine rings is 1. The number of methoxy groups -OCH3 is 1. The van der Waals surface area contributed by atoms with E-state index in [1.807, 2.05) is 6.07 Å². The van der Waals surface area contributed by atoms with E-state index in [4.69, 9.17) is 10.5 Å². The molecule has 108 valence electrons. The van der Waals surface area contributed by atoms with E-state index in [1.165, 1.54) is 5.56 Å². The number of aromatic nitrogens is 1. The molecule has 0 aromatic carbocycles. The Kier molecular flexibility index (Phi) is 6.81. The van der Waals surface area contributed by atoms with Crippen molar-refractivity contribution in [2.45, 2.75) is 52.2 Å². The lowest BCUT2D eigenvalue weighted by molar-refractivity contribution is 0.0605. The third-order valence-electron chi connectivity index (χ3n) is 3.41. The topological polar surface area (TPSA) is 60.2 Å². The van der Waals surface area contributed by atoms with Crippen LogP contribution in [-0.2, 0) is 4.74 Å². The van der Waals surface area contributed by atoms with Crippen molar-refractivity contribution in [1.82, 2.24) is 10.3 Å². The molecule has 0 radical (unpaired) electrons. The molecule has 0 saturated heterocycles. The van der Waals surface area contributed by atoms with Gasteiger partial charge in [-0.3, -0.25) is 0 Å². The summed E-state index contributed by atoms with van der Waals surface area (Å²) in [6.45, 7) is 7.35. The molecule has 0 aliphatic carbocycles. The molecular formula is C15H27N3O. The molecule has 0 saturated carbocycles. The van der Waals surface area contributed by atoms with Gasteiger partial charge in [0.2, 0.25) is 0 Å². The van der Waals surface area contributed by atoms with Gasteiger partial charge in [-0.2, -0.15) is 0 Å². The zero-order chi connectivity index (χ0) is 14.3. The molecule has 0 aliphatic heterocycles. The molecule has 19 heavy (non-hydrogen) atoms. The number of aryl methyl sites for hydroxylation is 1. The van der Waals surface area contributed by atoms with Crippen LogP contribution in [-0.4, -0.2) is 24.7 Å². The van der Waals surface area contributed by atoms with Crippen LogP contribution in [0.5, 0.6) is 0 Å². The SMILES string of the molecule is CCCNC(c1c(C)ccnc1N)C(CCC)OC. The first kappa shape index (κ1) is 15.9. The lowest BCUT2D eigenvalue weighted by Crippen LogP contribution is -2.35. The zero-order valence-electron chi connectivity index (χ0n) is 12.6. The maximum absolute atomic E-state index is 6.08. The summed E-state index contributed by atoms with van der Waals surface area (Å²) in [4.78, 5) is 4.23. The monoisotopic (exact) mass is 265 g/mol. The van der Waals surface area contributed by atoms with Crippen LogP contribution in [0.1, 0.15) is 50.3 Å². The number of anilines is 1. The standard InChI is InChI=1S/C15H27N3O/c1-5-7-12(19-4)14(17-9-6-2)13-11(3)8-10-18-15(13)16/h8,10,12,14,17H,5-7,9H2,1-4H3,(H2,16,18). The largest absolute Gasteiger partial charge is 0.383 e. The first-order chi connectivity index (χ1) is 9.15. The number of nitrogen functional groups attached to an aromatic ring is 1. The fourth-order valence-electron chi connectivity index (χ4n) is 2.42. The second-order valence-electron chi connectivity index (χ2n) is 4.92. The Morgan fingerprint density at radius 2 is 2.11 bits per heavy atom. The van der Waals surface area contributed by atoms with Gasteiger partial charge in [-0.15, -0.1) is 0 Å². The van der Waals surface area contributed by atoms with E-state index in [-0.39, 0.29) is 12.1 Å². The van der Waals surface area contributed by atoms with Crippen molar-refractivity contribution in [3.63, 3.8) is 0 Å². The Bertz CT molecular complexity index is 361. The fraction of sp³-hybridized carbons (Fsp3) is 0.667. The zero-order valence-corrected chi connectivity index (χ0v) is 12.6. The molecule has 0 aliphatic rings. The van der Waals surface area contributed by atoms with Crippen LogP contribution in [0, 0.1) is 6.92 Å². The lowest BCUT2D eigenvalue weighted by Gasteiger charge is -2.29. The summed E-state index contributed by atoms with van der Waals surface area (Å²) >= 11 is 0. The minimum Gasteiger partial charge on any atom is -0.383 e. The molecule has 1 aromatic heterocycles. The van der Waals surface area contributed by atoms with Crippen LogP contribution in [0.4, 0.5) is 5.82 Å². The second kappa shape index (κ2) is 8.12. The maximum Gasteiger partial charge on any atom is 0.128 e. The predicted molar refractivity (Wildman–Crippen MR) is 80.1 cm³/mol. The lowest BCUT2D eigenvalue weighted by atomic mass is 9.95. The molecule has 1 rings (SSSR count). The first-order valence-electron chi connectivity index (χ1n) is 7.12. The van der Waals surface area contributed by atoms with Crippen LogP contribution in [0.15, 0.2) is 12.3 Å². The highest BCUT2D eigenvalue weighted by Gasteiger charge is 2.25. The third kappa shape index (κ3) is 4.18. The van der Waals surface area contributed by atoms with E-state index in [0.29, 0.717) is 5.82 Å². The summed E-state index contributed by atoms with van der Waals surface area (Å²) in [6.07, 6.45) is 5.06. The molecule has 4 heteroatoms. The highest BCUT2D eigenvalue weighted by Crippen LogP contribution is 2.28. The number of nitrogens with one attached hydrogen (secondary N) is 1. The summed E-state index contributed by atoms with van der Waals surface area (Å²) in [5.74, 6) is 0.603. The maximum atomic E-state index is 6.08. The fourth-order valence-corrected chi connectivity index (χ4v) is 2.42. The average molecular weight is 265 g/mol. The van der Waals surface area contributed by atoms with Crippen molar-refractivity contribution in [2.24, 2.45) is 0 Å². The van der Waals surface area contributed by atoms with Crippen LogP contribution < -0.4 is 11.1 Å². The van der Waals surface area contributed by atoms with Crippen molar-refractivity contribution in [1.29, 1.82) is 0 Å². The number of hydrogen-bond acceptors (Lipinski definition) is 4.